The Morgan fingerprint density at radius 2 is 2.23 bits per heavy atom. The molecule has 2 N–H and O–H groups in total. The second-order valence-electron chi connectivity index (χ2n) is 6.61. The summed E-state index contributed by atoms with van der Waals surface area (Å²) in [4.78, 5) is 20.7. The molecule has 8 heteroatoms. The van der Waals surface area contributed by atoms with E-state index in [1.807, 2.05) is 18.2 Å². The van der Waals surface area contributed by atoms with Crippen molar-refractivity contribution in [1.29, 1.82) is 0 Å². The summed E-state index contributed by atoms with van der Waals surface area (Å²) < 4.78 is 0. The van der Waals surface area contributed by atoms with Gasteiger partial charge in [0.05, 0.1) is 5.69 Å². The largest absolute Gasteiger partial charge is 0.310 e. The van der Waals surface area contributed by atoms with E-state index in [2.05, 4.69) is 33.6 Å². The van der Waals surface area contributed by atoms with Crippen LogP contribution in [0.5, 0.6) is 0 Å². The molecule has 2 aliphatic rings. The number of aromatic nitrogens is 1. The standard InChI is InChI=1S/C18H22N4OS.2ClH/c1-22-9-7-15-16(11-22)24-18(20-15)21-17(23)13-5-2-4-12(10-13)14-6-3-8-19-14;;/h2,4-5,10,14,19H,3,6-9,11H2,1H3,(H,20,21,23);2*1H/t14-;;/m1../s1. The fraction of sp³-hybridized carbons (Fsp3) is 0.444. The fourth-order valence-corrected chi connectivity index (χ4v) is 4.50. The molecule has 3 heterocycles. The lowest BCUT2D eigenvalue weighted by molar-refractivity contribution is 0.102. The Hall–Kier alpha value is -1.18. The quantitative estimate of drug-likeness (QED) is 0.804. The number of anilines is 1. The molecule has 0 aliphatic carbocycles. The topological polar surface area (TPSA) is 57.3 Å². The number of thiazole rings is 1. The predicted molar refractivity (Wildman–Crippen MR) is 111 cm³/mol. The smallest absolute Gasteiger partial charge is 0.257 e. The van der Waals surface area contributed by atoms with Crippen LogP contribution in [0.25, 0.3) is 0 Å². The first kappa shape index (κ1) is 21.1. The van der Waals surface area contributed by atoms with E-state index in [0.29, 0.717) is 16.7 Å². The molecule has 4 rings (SSSR count). The minimum atomic E-state index is -0.0747. The van der Waals surface area contributed by atoms with Crippen LogP contribution < -0.4 is 10.6 Å². The van der Waals surface area contributed by atoms with Crippen LogP contribution in [0.2, 0.25) is 0 Å². The van der Waals surface area contributed by atoms with Crippen LogP contribution >= 0.6 is 36.2 Å². The molecule has 0 radical (unpaired) electrons. The van der Waals surface area contributed by atoms with E-state index in [4.69, 9.17) is 0 Å². The molecule has 5 nitrogen and oxygen atoms in total. The number of nitrogens with one attached hydrogen (secondary N) is 2. The number of benzene rings is 1. The van der Waals surface area contributed by atoms with Crippen LogP contribution in [0, 0.1) is 0 Å². The molecular formula is C18H24Cl2N4OS. The third-order valence-electron chi connectivity index (χ3n) is 4.75. The third-order valence-corrected chi connectivity index (χ3v) is 5.75. The number of amides is 1. The first-order valence-corrected chi connectivity index (χ1v) is 9.32. The van der Waals surface area contributed by atoms with E-state index in [1.165, 1.54) is 16.9 Å². The van der Waals surface area contributed by atoms with Gasteiger partial charge in [-0.05, 0) is 44.1 Å². The highest BCUT2D eigenvalue weighted by atomic mass is 35.5. The van der Waals surface area contributed by atoms with Gasteiger partial charge < -0.3 is 10.2 Å². The maximum Gasteiger partial charge on any atom is 0.257 e. The molecule has 0 unspecified atom stereocenters. The van der Waals surface area contributed by atoms with Crippen molar-refractivity contribution in [3.05, 3.63) is 46.0 Å². The van der Waals surface area contributed by atoms with Gasteiger partial charge in [0.1, 0.15) is 0 Å². The maximum atomic E-state index is 12.6. The second kappa shape index (κ2) is 9.15. The lowest BCUT2D eigenvalue weighted by atomic mass is 10.0. The molecule has 1 saturated heterocycles. The van der Waals surface area contributed by atoms with Gasteiger partial charge in [0, 0.05) is 36.0 Å². The normalized spacial score (nSPS) is 19.2. The van der Waals surface area contributed by atoms with Gasteiger partial charge in [0.25, 0.3) is 5.91 Å². The summed E-state index contributed by atoms with van der Waals surface area (Å²) in [6, 6.07) is 8.30. The molecule has 1 fully saturated rings. The molecule has 26 heavy (non-hydrogen) atoms. The van der Waals surface area contributed by atoms with Crippen molar-refractivity contribution in [3.8, 4) is 0 Å². The van der Waals surface area contributed by atoms with Crippen LogP contribution in [0.1, 0.15) is 45.4 Å². The molecule has 1 atom stereocenters. The SMILES string of the molecule is CN1CCc2nc(NC(=O)c3cccc([C@H]4CCCN4)c3)sc2C1.Cl.Cl. The molecule has 0 saturated carbocycles. The lowest BCUT2D eigenvalue weighted by Crippen LogP contribution is -2.25. The number of carbonyl (C=O) groups is 1. The molecule has 0 bridgehead atoms. The molecule has 1 aromatic carbocycles. The van der Waals surface area contributed by atoms with Gasteiger partial charge in [-0.1, -0.05) is 12.1 Å². The number of rotatable bonds is 3. The molecule has 1 aromatic heterocycles. The highest BCUT2D eigenvalue weighted by Crippen LogP contribution is 2.28. The van der Waals surface area contributed by atoms with Gasteiger partial charge in [0.2, 0.25) is 0 Å². The summed E-state index contributed by atoms with van der Waals surface area (Å²) >= 11 is 1.59. The Morgan fingerprint density at radius 3 is 3.00 bits per heavy atom. The number of fused-ring (bicyclic) bond motifs is 1. The number of halogens is 2. The maximum absolute atomic E-state index is 12.6. The minimum Gasteiger partial charge on any atom is -0.310 e. The number of carbonyl (C=O) groups excluding carboxylic acids is 1. The van der Waals surface area contributed by atoms with Gasteiger partial charge >= 0.3 is 0 Å². The Kier molecular flexibility index (Phi) is 7.43. The average Bonchev–Trinajstić information content (AvgIpc) is 3.23. The van der Waals surface area contributed by atoms with Crippen LogP contribution in [0.4, 0.5) is 5.13 Å². The number of nitrogens with zero attached hydrogens (tertiary/aromatic N) is 2. The van der Waals surface area contributed by atoms with Crippen molar-refractivity contribution in [2.24, 2.45) is 0 Å². The lowest BCUT2D eigenvalue weighted by Gasteiger charge is -2.20. The number of likely N-dealkylation sites (N-methyl/N-ethyl adjacent to an activating group) is 1. The van der Waals surface area contributed by atoms with Crippen molar-refractivity contribution in [3.63, 3.8) is 0 Å². The summed E-state index contributed by atoms with van der Waals surface area (Å²) in [7, 11) is 2.11. The van der Waals surface area contributed by atoms with Crippen LogP contribution in [0.15, 0.2) is 24.3 Å². The van der Waals surface area contributed by atoms with E-state index in [0.717, 1.165) is 38.2 Å². The first-order chi connectivity index (χ1) is 11.7. The Morgan fingerprint density at radius 1 is 1.38 bits per heavy atom. The van der Waals surface area contributed by atoms with Crippen molar-refractivity contribution < 1.29 is 4.79 Å². The molecule has 2 aromatic rings. The molecule has 142 valence electrons. The first-order valence-electron chi connectivity index (χ1n) is 8.51. The van der Waals surface area contributed by atoms with Gasteiger partial charge in [-0.25, -0.2) is 4.98 Å². The zero-order chi connectivity index (χ0) is 16.5. The van der Waals surface area contributed by atoms with Crippen LogP contribution in [-0.2, 0) is 13.0 Å². The van der Waals surface area contributed by atoms with E-state index >= 15 is 0 Å². The minimum absolute atomic E-state index is 0. The Balaban J connectivity index is 0.00000121. The van der Waals surface area contributed by atoms with Crippen molar-refractivity contribution >= 4 is 47.2 Å². The third kappa shape index (κ3) is 4.56. The van der Waals surface area contributed by atoms with E-state index in [1.54, 1.807) is 11.3 Å². The summed E-state index contributed by atoms with van der Waals surface area (Å²) in [6.07, 6.45) is 3.29. The van der Waals surface area contributed by atoms with Crippen LogP contribution in [0.3, 0.4) is 0 Å². The Labute approximate surface area is 170 Å². The highest BCUT2D eigenvalue weighted by Gasteiger charge is 2.20. The van der Waals surface area contributed by atoms with Crippen LogP contribution in [-0.4, -0.2) is 35.9 Å². The van der Waals surface area contributed by atoms with Gasteiger partial charge in [0.15, 0.2) is 5.13 Å². The summed E-state index contributed by atoms with van der Waals surface area (Å²) in [6.45, 7) is 3.01. The average molecular weight is 415 g/mol. The van der Waals surface area contributed by atoms with E-state index in [-0.39, 0.29) is 30.7 Å². The molecule has 2 aliphatic heterocycles. The van der Waals surface area contributed by atoms with Crippen molar-refractivity contribution in [1.82, 2.24) is 15.2 Å². The Bertz CT molecular complexity index is 761. The van der Waals surface area contributed by atoms with Gasteiger partial charge in [-0.3, -0.25) is 10.1 Å². The van der Waals surface area contributed by atoms with Crippen molar-refractivity contribution in [2.45, 2.75) is 31.8 Å². The highest BCUT2D eigenvalue weighted by molar-refractivity contribution is 7.15. The summed E-state index contributed by atoms with van der Waals surface area (Å²) in [5.41, 5.74) is 3.03. The van der Waals surface area contributed by atoms with E-state index < -0.39 is 0 Å². The summed E-state index contributed by atoms with van der Waals surface area (Å²) in [5.74, 6) is -0.0747. The number of hydrogen-bond acceptors (Lipinski definition) is 5. The second-order valence-corrected chi connectivity index (χ2v) is 7.69. The van der Waals surface area contributed by atoms with Crippen molar-refractivity contribution in [2.75, 3.05) is 25.5 Å². The van der Waals surface area contributed by atoms with Gasteiger partial charge in [-0.15, -0.1) is 36.2 Å². The monoisotopic (exact) mass is 414 g/mol. The van der Waals surface area contributed by atoms with Gasteiger partial charge in [-0.2, -0.15) is 0 Å². The molecule has 0 spiro atoms. The zero-order valence-electron chi connectivity index (χ0n) is 14.7. The summed E-state index contributed by atoms with van der Waals surface area (Å²) in [5, 5.41) is 7.17. The molecular weight excluding hydrogens is 391 g/mol. The zero-order valence-corrected chi connectivity index (χ0v) is 17.1. The fourth-order valence-electron chi connectivity index (χ4n) is 3.41. The van der Waals surface area contributed by atoms with E-state index in [9.17, 15) is 4.79 Å². The predicted octanol–water partition coefficient (Wildman–Crippen LogP) is 3.65. The number of hydrogen-bond donors (Lipinski definition) is 2. The molecule has 1 amide bonds.